The summed E-state index contributed by atoms with van der Waals surface area (Å²) in [5.41, 5.74) is 0.852. The van der Waals surface area contributed by atoms with Gasteiger partial charge >= 0.3 is 0 Å². The Hall–Kier alpha value is -1.45. The van der Waals surface area contributed by atoms with E-state index in [0.717, 1.165) is 5.56 Å². The third-order valence-corrected chi connectivity index (χ3v) is 3.06. The summed E-state index contributed by atoms with van der Waals surface area (Å²) in [6, 6.07) is 10.2. The highest BCUT2D eigenvalue weighted by Gasteiger charge is 2.16. The van der Waals surface area contributed by atoms with Crippen LogP contribution >= 0.6 is 23.2 Å². The quantitative estimate of drug-likeness (QED) is 0.922. The standard InChI is InChI=1S/C13H11Cl2NO2/c1-8(9-4-2-3-5-10(9)14)16-13(17)11-6-7-12(15)18-11/h2-8H,1H3,(H,16,17). The predicted molar refractivity (Wildman–Crippen MR) is 71.1 cm³/mol. The zero-order chi connectivity index (χ0) is 13.1. The van der Waals surface area contributed by atoms with Gasteiger partial charge in [0.2, 0.25) is 0 Å². The lowest BCUT2D eigenvalue weighted by Gasteiger charge is -2.14. The largest absolute Gasteiger partial charge is 0.440 e. The second kappa shape index (κ2) is 5.46. The SMILES string of the molecule is CC(NC(=O)c1ccc(Cl)o1)c1ccccc1Cl. The Balaban J connectivity index is 2.10. The molecular weight excluding hydrogens is 273 g/mol. The summed E-state index contributed by atoms with van der Waals surface area (Å²) in [5, 5.41) is 3.59. The Morgan fingerprint density at radius 3 is 2.56 bits per heavy atom. The molecule has 1 N–H and O–H groups in total. The van der Waals surface area contributed by atoms with Gasteiger partial charge in [0.15, 0.2) is 11.0 Å². The van der Waals surface area contributed by atoms with Gasteiger partial charge in [-0.15, -0.1) is 0 Å². The summed E-state index contributed by atoms with van der Waals surface area (Å²) in [4.78, 5) is 11.8. The van der Waals surface area contributed by atoms with Crippen LogP contribution in [-0.4, -0.2) is 5.91 Å². The van der Waals surface area contributed by atoms with Crippen LogP contribution in [0.1, 0.15) is 29.1 Å². The van der Waals surface area contributed by atoms with Gasteiger partial charge < -0.3 is 9.73 Å². The number of amides is 1. The number of nitrogens with one attached hydrogen (secondary N) is 1. The summed E-state index contributed by atoms with van der Waals surface area (Å²) >= 11 is 11.7. The summed E-state index contributed by atoms with van der Waals surface area (Å²) < 4.78 is 5.03. The van der Waals surface area contributed by atoms with Gasteiger partial charge in [-0.3, -0.25) is 4.79 Å². The van der Waals surface area contributed by atoms with Crippen molar-refractivity contribution >= 4 is 29.1 Å². The molecule has 0 spiro atoms. The summed E-state index contributed by atoms with van der Waals surface area (Å²) in [7, 11) is 0. The van der Waals surface area contributed by atoms with E-state index in [9.17, 15) is 4.79 Å². The fourth-order valence-corrected chi connectivity index (χ4v) is 2.05. The molecule has 0 aliphatic carbocycles. The van der Waals surface area contributed by atoms with Crippen molar-refractivity contribution in [2.45, 2.75) is 13.0 Å². The van der Waals surface area contributed by atoms with Gasteiger partial charge in [0.1, 0.15) is 0 Å². The first kappa shape index (κ1) is 13.0. The van der Waals surface area contributed by atoms with E-state index in [1.165, 1.54) is 12.1 Å². The first-order chi connectivity index (χ1) is 8.58. The molecule has 18 heavy (non-hydrogen) atoms. The highest BCUT2D eigenvalue weighted by Crippen LogP contribution is 2.22. The zero-order valence-electron chi connectivity index (χ0n) is 9.61. The van der Waals surface area contributed by atoms with E-state index in [-0.39, 0.29) is 22.9 Å². The second-order valence-electron chi connectivity index (χ2n) is 3.82. The normalized spacial score (nSPS) is 12.2. The smallest absolute Gasteiger partial charge is 0.287 e. The summed E-state index contributed by atoms with van der Waals surface area (Å²) in [6.45, 7) is 1.85. The molecule has 0 fully saturated rings. The Bertz CT molecular complexity index is 566. The molecule has 1 aromatic heterocycles. The van der Waals surface area contributed by atoms with Crippen molar-refractivity contribution in [2.75, 3.05) is 0 Å². The third kappa shape index (κ3) is 2.86. The Labute approximate surface area is 115 Å². The fourth-order valence-electron chi connectivity index (χ4n) is 1.61. The maximum Gasteiger partial charge on any atom is 0.287 e. The number of carbonyl (C=O) groups excluding carboxylic acids is 1. The monoisotopic (exact) mass is 283 g/mol. The minimum atomic E-state index is -0.325. The average molecular weight is 284 g/mol. The minimum absolute atomic E-state index is 0.180. The van der Waals surface area contributed by atoms with E-state index in [1.807, 2.05) is 25.1 Å². The van der Waals surface area contributed by atoms with Gasteiger partial charge in [0.05, 0.1) is 6.04 Å². The van der Waals surface area contributed by atoms with E-state index < -0.39 is 0 Å². The fraction of sp³-hybridized carbons (Fsp3) is 0.154. The van der Waals surface area contributed by atoms with Crippen molar-refractivity contribution in [1.82, 2.24) is 5.32 Å². The molecule has 0 saturated carbocycles. The van der Waals surface area contributed by atoms with Crippen LogP contribution in [0.15, 0.2) is 40.8 Å². The number of halogens is 2. The van der Waals surface area contributed by atoms with Crippen molar-refractivity contribution in [1.29, 1.82) is 0 Å². The maximum atomic E-state index is 11.8. The van der Waals surface area contributed by atoms with Crippen LogP contribution < -0.4 is 5.32 Å². The van der Waals surface area contributed by atoms with Crippen LogP contribution in [0.25, 0.3) is 0 Å². The first-order valence-electron chi connectivity index (χ1n) is 5.38. The van der Waals surface area contributed by atoms with Crippen LogP contribution in [0, 0.1) is 0 Å². The molecule has 94 valence electrons. The molecule has 0 saturated heterocycles. The van der Waals surface area contributed by atoms with Crippen LogP contribution in [0.3, 0.4) is 0 Å². The van der Waals surface area contributed by atoms with Gasteiger partial charge in [0, 0.05) is 5.02 Å². The van der Waals surface area contributed by atoms with Gasteiger partial charge in [0.25, 0.3) is 5.91 Å². The number of furan rings is 1. The van der Waals surface area contributed by atoms with Gasteiger partial charge in [-0.2, -0.15) is 0 Å². The topological polar surface area (TPSA) is 42.2 Å². The molecule has 1 atom stereocenters. The van der Waals surface area contributed by atoms with Crippen LogP contribution in [0.5, 0.6) is 0 Å². The van der Waals surface area contributed by atoms with Crippen LogP contribution in [-0.2, 0) is 0 Å². The average Bonchev–Trinajstić information content (AvgIpc) is 2.76. The predicted octanol–water partition coefficient (Wildman–Crippen LogP) is 4.08. The Morgan fingerprint density at radius 1 is 1.22 bits per heavy atom. The molecule has 0 aliphatic rings. The molecule has 0 aliphatic heterocycles. The number of hydrogen-bond acceptors (Lipinski definition) is 2. The van der Waals surface area contributed by atoms with Crippen LogP contribution in [0.2, 0.25) is 10.2 Å². The number of hydrogen-bond donors (Lipinski definition) is 1. The van der Waals surface area contributed by atoms with E-state index in [2.05, 4.69) is 5.32 Å². The van der Waals surface area contributed by atoms with Crippen molar-refractivity contribution in [3.05, 3.63) is 58.0 Å². The molecule has 1 amide bonds. The van der Waals surface area contributed by atoms with Crippen molar-refractivity contribution < 1.29 is 9.21 Å². The lowest BCUT2D eigenvalue weighted by Crippen LogP contribution is -2.26. The molecule has 5 heteroatoms. The second-order valence-corrected chi connectivity index (χ2v) is 4.60. The molecule has 3 nitrogen and oxygen atoms in total. The molecule has 0 bridgehead atoms. The van der Waals surface area contributed by atoms with Crippen molar-refractivity contribution in [3.63, 3.8) is 0 Å². The van der Waals surface area contributed by atoms with E-state index in [1.54, 1.807) is 6.07 Å². The van der Waals surface area contributed by atoms with Crippen molar-refractivity contribution in [3.8, 4) is 0 Å². The Kier molecular flexibility index (Phi) is 3.94. The van der Waals surface area contributed by atoms with Gasteiger partial charge in [-0.1, -0.05) is 29.8 Å². The minimum Gasteiger partial charge on any atom is -0.440 e. The van der Waals surface area contributed by atoms with E-state index in [4.69, 9.17) is 27.6 Å². The van der Waals surface area contributed by atoms with Crippen molar-refractivity contribution in [2.24, 2.45) is 0 Å². The number of carbonyl (C=O) groups is 1. The molecule has 1 aromatic carbocycles. The Morgan fingerprint density at radius 2 is 1.94 bits per heavy atom. The molecule has 1 heterocycles. The van der Waals surface area contributed by atoms with E-state index >= 15 is 0 Å². The zero-order valence-corrected chi connectivity index (χ0v) is 11.1. The highest BCUT2D eigenvalue weighted by atomic mass is 35.5. The summed E-state index contributed by atoms with van der Waals surface area (Å²) in [6.07, 6.45) is 0. The molecule has 2 rings (SSSR count). The maximum absolute atomic E-state index is 11.8. The molecule has 1 unspecified atom stereocenters. The number of benzene rings is 1. The molecule has 2 aromatic rings. The summed E-state index contributed by atoms with van der Waals surface area (Å²) in [5.74, 6) is -0.145. The lowest BCUT2D eigenvalue weighted by molar-refractivity contribution is 0.0912. The number of rotatable bonds is 3. The highest BCUT2D eigenvalue weighted by molar-refractivity contribution is 6.31. The lowest BCUT2D eigenvalue weighted by atomic mass is 10.1. The molecule has 0 radical (unpaired) electrons. The first-order valence-corrected chi connectivity index (χ1v) is 6.14. The third-order valence-electron chi connectivity index (χ3n) is 2.52. The van der Waals surface area contributed by atoms with Gasteiger partial charge in [-0.05, 0) is 42.3 Å². The van der Waals surface area contributed by atoms with E-state index in [0.29, 0.717) is 5.02 Å². The van der Waals surface area contributed by atoms with Crippen LogP contribution in [0.4, 0.5) is 0 Å². The molecular formula is C13H11Cl2NO2. The van der Waals surface area contributed by atoms with Gasteiger partial charge in [-0.25, -0.2) is 0 Å².